The van der Waals surface area contributed by atoms with Crippen LogP contribution in [0.25, 0.3) is 0 Å². The van der Waals surface area contributed by atoms with E-state index in [0.717, 1.165) is 6.42 Å². The molecule has 1 aromatic heterocycles. The summed E-state index contributed by atoms with van der Waals surface area (Å²) in [6.45, 7) is 0.577. The molecule has 1 aliphatic rings. The Labute approximate surface area is 179 Å². The summed E-state index contributed by atoms with van der Waals surface area (Å²) in [6.07, 6.45) is 4.08. The minimum atomic E-state index is -3.87. The van der Waals surface area contributed by atoms with Crippen LogP contribution < -0.4 is 14.9 Å². The number of sulfonamides is 1. The predicted molar refractivity (Wildman–Crippen MR) is 115 cm³/mol. The van der Waals surface area contributed by atoms with Gasteiger partial charge in [0.15, 0.2) is 0 Å². The molecule has 0 atom stereocenters. The summed E-state index contributed by atoms with van der Waals surface area (Å²) in [5.41, 5.74) is 1.36. The topological polar surface area (TPSA) is 121 Å². The lowest BCUT2D eigenvalue weighted by Gasteiger charge is -2.19. The average molecular weight is 437 g/mol. The van der Waals surface area contributed by atoms with Crippen LogP contribution in [0.15, 0.2) is 71.9 Å². The quantitative estimate of drug-likeness (QED) is 0.611. The summed E-state index contributed by atoms with van der Waals surface area (Å²) in [6, 6.07) is 14.2. The average Bonchev–Trinajstić information content (AvgIpc) is 3.20. The molecule has 158 valence electrons. The van der Waals surface area contributed by atoms with Gasteiger partial charge in [0.1, 0.15) is 0 Å². The van der Waals surface area contributed by atoms with Crippen LogP contribution in [0.1, 0.15) is 23.2 Å². The maximum atomic E-state index is 12.8. The molecule has 0 bridgehead atoms. The first-order valence-corrected chi connectivity index (χ1v) is 11.0. The summed E-state index contributed by atoms with van der Waals surface area (Å²) in [5.74, 6) is -0.431. The standard InChI is InChI=1S/C21H19N5O4S/c27-19-7-3-14-26(19)18-6-2-1-5-17(18)20(28)24-15-8-10-16(11-9-15)31(29,30)25-21-22-12-4-13-23-21/h1-2,4-6,8-13H,3,7,14H2,(H,24,28)(H,22,23,25). The van der Waals surface area contributed by atoms with Gasteiger partial charge in [0.05, 0.1) is 16.1 Å². The molecule has 9 nitrogen and oxygen atoms in total. The second-order valence-electron chi connectivity index (χ2n) is 6.82. The van der Waals surface area contributed by atoms with Crippen LogP contribution in [0.2, 0.25) is 0 Å². The molecule has 0 aliphatic carbocycles. The molecule has 10 heteroatoms. The highest BCUT2D eigenvalue weighted by molar-refractivity contribution is 7.92. The second kappa shape index (κ2) is 8.52. The van der Waals surface area contributed by atoms with Crippen LogP contribution >= 0.6 is 0 Å². The Morgan fingerprint density at radius 2 is 1.68 bits per heavy atom. The summed E-state index contributed by atoms with van der Waals surface area (Å²) < 4.78 is 27.2. The van der Waals surface area contributed by atoms with E-state index in [1.807, 2.05) is 0 Å². The minimum Gasteiger partial charge on any atom is -0.322 e. The summed E-state index contributed by atoms with van der Waals surface area (Å²) >= 11 is 0. The van der Waals surface area contributed by atoms with E-state index in [2.05, 4.69) is 20.0 Å². The highest BCUT2D eigenvalue weighted by Crippen LogP contribution is 2.26. The summed E-state index contributed by atoms with van der Waals surface area (Å²) in [4.78, 5) is 34.2. The Balaban J connectivity index is 1.50. The number of carbonyl (C=O) groups is 2. The van der Waals surface area contributed by atoms with E-state index in [0.29, 0.717) is 29.9 Å². The third kappa shape index (κ3) is 4.53. The number of hydrogen-bond donors (Lipinski definition) is 2. The highest BCUT2D eigenvalue weighted by atomic mass is 32.2. The minimum absolute atomic E-state index is 0.000940. The monoisotopic (exact) mass is 437 g/mol. The smallest absolute Gasteiger partial charge is 0.264 e. The van der Waals surface area contributed by atoms with E-state index in [-0.39, 0.29) is 22.7 Å². The third-order valence-corrected chi connectivity index (χ3v) is 6.07. The number of nitrogens with one attached hydrogen (secondary N) is 2. The van der Waals surface area contributed by atoms with Gasteiger partial charge in [-0.05, 0) is 48.9 Å². The Hall–Kier alpha value is -3.79. The normalized spacial score (nSPS) is 13.8. The van der Waals surface area contributed by atoms with Crippen molar-refractivity contribution in [3.63, 3.8) is 0 Å². The molecular weight excluding hydrogens is 418 g/mol. The number of amides is 2. The van der Waals surface area contributed by atoms with Crippen LogP contribution in [0.3, 0.4) is 0 Å². The first-order valence-electron chi connectivity index (χ1n) is 9.55. The maximum Gasteiger partial charge on any atom is 0.264 e. The van der Waals surface area contributed by atoms with E-state index in [4.69, 9.17) is 0 Å². The Bertz CT molecular complexity index is 1210. The Morgan fingerprint density at radius 3 is 2.35 bits per heavy atom. The first-order chi connectivity index (χ1) is 14.9. The van der Waals surface area contributed by atoms with Gasteiger partial charge in [-0.15, -0.1) is 0 Å². The van der Waals surface area contributed by atoms with Crippen LogP contribution in [0.5, 0.6) is 0 Å². The van der Waals surface area contributed by atoms with Gasteiger partial charge in [0.25, 0.3) is 15.9 Å². The molecule has 31 heavy (non-hydrogen) atoms. The number of hydrogen-bond acceptors (Lipinski definition) is 6. The number of nitrogens with zero attached hydrogens (tertiary/aromatic N) is 3. The van der Waals surface area contributed by atoms with Crippen molar-refractivity contribution in [3.8, 4) is 0 Å². The van der Waals surface area contributed by atoms with Crippen LogP contribution in [0, 0.1) is 0 Å². The van der Waals surface area contributed by atoms with Crippen molar-refractivity contribution < 1.29 is 18.0 Å². The molecule has 2 heterocycles. The van der Waals surface area contributed by atoms with Gasteiger partial charge in [-0.25, -0.2) is 23.1 Å². The lowest BCUT2D eigenvalue weighted by molar-refractivity contribution is -0.117. The van der Waals surface area contributed by atoms with Crippen molar-refractivity contribution >= 4 is 39.2 Å². The van der Waals surface area contributed by atoms with Gasteiger partial charge in [-0.2, -0.15) is 0 Å². The summed E-state index contributed by atoms with van der Waals surface area (Å²) in [5, 5.41) is 2.75. The molecule has 4 rings (SSSR count). The van der Waals surface area contributed by atoms with Crippen molar-refractivity contribution in [2.24, 2.45) is 0 Å². The molecule has 0 unspecified atom stereocenters. The van der Waals surface area contributed by atoms with Gasteiger partial charge in [0, 0.05) is 31.0 Å². The number of anilines is 3. The number of para-hydroxylation sites is 1. The fraction of sp³-hybridized carbons (Fsp3) is 0.143. The molecule has 2 amide bonds. The predicted octanol–water partition coefficient (Wildman–Crippen LogP) is 2.66. The highest BCUT2D eigenvalue weighted by Gasteiger charge is 2.25. The number of benzene rings is 2. The first kappa shape index (κ1) is 20.5. The van der Waals surface area contributed by atoms with E-state index in [1.165, 1.54) is 36.7 Å². The van der Waals surface area contributed by atoms with Crippen LogP contribution in [-0.2, 0) is 14.8 Å². The van der Waals surface area contributed by atoms with Gasteiger partial charge >= 0.3 is 0 Å². The molecule has 1 fully saturated rings. The fourth-order valence-corrected chi connectivity index (χ4v) is 4.21. The molecule has 0 saturated carbocycles. The zero-order chi connectivity index (χ0) is 21.8. The Kier molecular flexibility index (Phi) is 5.63. The van der Waals surface area contributed by atoms with Gasteiger partial charge in [-0.3, -0.25) is 9.59 Å². The van der Waals surface area contributed by atoms with Crippen LogP contribution in [0.4, 0.5) is 17.3 Å². The largest absolute Gasteiger partial charge is 0.322 e. The van der Waals surface area contributed by atoms with Crippen LogP contribution in [-0.4, -0.2) is 36.7 Å². The van der Waals surface area contributed by atoms with Gasteiger partial charge < -0.3 is 10.2 Å². The van der Waals surface area contributed by atoms with Crippen molar-refractivity contribution in [1.29, 1.82) is 0 Å². The van der Waals surface area contributed by atoms with Gasteiger partial charge in [-0.1, -0.05) is 12.1 Å². The second-order valence-corrected chi connectivity index (χ2v) is 8.50. The van der Waals surface area contributed by atoms with Crippen molar-refractivity contribution in [2.45, 2.75) is 17.7 Å². The van der Waals surface area contributed by atoms with E-state index in [9.17, 15) is 18.0 Å². The van der Waals surface area contributed by atoms with E-state index in [1.54, 1.807) is 35.2 Å². The molecule has 0 spiro atoms. The van der Waals surface area contributed by atoms with E-state index < -0.39 is 10.0 Å². The molecule has 1 saturated heterocycles. The number of rotatable bonds is 6. The maximum absolute atomic E-state index is 12.8. The fourth-order valence-electron chi connectivity index (χ4n) is 3.25. The summed E-state index contributed by atoms with van der Waals surface area (Å²) in [7, 11) is -3.87. The molecule has 1 aliphatic heterocycles. The number of carbonyl (C=O) groups excluding carboxylic acids is 2. The third-order valence-electron chi connectivity index (χ3n) is 4.73. The zero-order valence-electron chi connectivity index (χ0n) is 16.4. The molecule has 0 radical (unpaired) electrons. The van der Waals surface area contributed by atoms with Crippen molar-refractivity contribution in [3.05, 3.63) is 72.6 Å². The lowest BCUT2D eigenvalue weighted by atomic mass is 10.1. The Morgan fingerprint density at radius 1 is 0.968 bits per heavy atom. The van der Waals surface area contributed by atoms with E-state index >= 15 is 0 Å². The molecule has 2 N–H and O–H groups in total. The SMILES string of the molecule is O=C(Nc1ccc(S(=O)(=O)Nc2ncccn2)cc1)c1ccccc1N1CCCC1=O. The lowest BCUT2D eigenvalue weighted by Crippen LogP contribution is -2.27. The molecule has 3 aromatic rings. The van der Waals surface area contributed by atoms with Gasteiger partial charge in [0.2, 0.25) is 11.9 Å². The molecule has 2 aromatic carbocycles. The van der Waals surface area contributed by atoms with Crippen molar-refractivity contribution in [2.75, 3.05) is 21.5 Å². The van der Waals surface area contributed by atoms with Crippen molar-refractivity contribution in [1.82, 2.24) is 9.97 Å². The number of aromatic nitrogens is 2. The molecular formula is C21H19N5O4S. The zero-order valence-corrected chi connectivity index (χ0v) is 17.2.